The number of hydrogen-bond acceptors (Lipinski definition) is 3. The van der Waals surface area contributed by atoms with Gasteiger partial charge in [0.05, 0.1) is 5.56 Å². The smallest absolute Gasteiger partial charge is 0.272 e. The van der Waals surface area contributed by atoms with E-state index in [-0.39, 0.29) is 11.3 Å². The average Bonchev–Trinajstić information content (AvgIpc) is 2.71. The van der Waals surface area contributed by atoms with E-state index in [0.717, 1.165) is 11.1 Å². The number of halogens is 2. The number of benzene rings is 3. The number of para-hydroxylation sites is 1. The molecule has 3 aromatic carbocycles. The van der Waals surface area contributed by atoms with Gasteiger partial charge < -0.3 is 9.47 Å². The fourth-order valence-electron chi connectivity index (χ4n) is 2.64. The molecule has 0 fully saturated rings. The average molecular weight is 368 g/mol. The van der Waals surface area contributed by atoms with Crippen LogP contribution in [0.4, 0.5) is 8.78 Å². The Hall–Kier alpha value is -3.21. The molecule has 0 saturated heterocycles. The lowest BCUT2D eigenvalue weighted by atomic mass is 10.0. The van der Waals surface area contributed by atoms with Crippen LogP contribution in [0.15, 0.2) is 72.8 Å². The van der Waals surface area contributed by atoms with Gasteiger partial charge in [0.15, 0.2) is 6.29 Å². The zero-order chi connectivity index (χ0) is 19.1. The van der Waals surface area contributed by atoms with Gasteiger partial charge in [0.1, 0.15) is 24.7 Å². The van der Waals surface area contributed by atoms with Crippen LogP contribution in [0.5, 0.6) is 11.5 Å². The Morgan fingerprint density at radius 1 is 0.852 bits per heavy atom. The van der Waals surface area contributed by atoms with Crippen molar-refractivity contribution in [3.05, 3.63) is 83.9 Å². The van der Waals surface area contributed by atoms with Crippen LogP contribution in [0.1, 0.15) is 15.9 Å². The molecule has 3 rings (SSSR count). The Morgan fingerprint density at radius 3 is 2.33 bits per heavy atom. The van der Waals surface area contributed by atoms with Crippen molar-refractivity contribution >= 4 is 6.29 Å². The van der Waals surface area contributed by atoms with Crippen LogP contribution in [0.25, 0.3) is 11.1 Å². The molecule has 0 aromatic heterocycles. The normalized spacial score (nSPS) is 10.6. The third-order valence-electron chi connectivity index (χ3n) is 3.94. The highest BCUT2D eigenvalue weighted by Gasteiger charge is 2.12. The van der Waals surface area contributed by atoms with Crippen molar-refractivity contribution in [1.29, 1.82) is 0 Å². The Morgan fingerprint density at radius 2 is 1.59 bits per heavy atom. The molecule has 0 aliphatic carbocycles. The second kappa shape index (κ2) is 8.94. The fourth-order valence-corrected chi connectivity index (χ4v) is 2.64. The molecular weight excluding hydrogens is 350 g/mol. The predicted molar refractivity (Wildman–Crippen MR) is 99.5 cm³/mol. The van der Waals surface area contributed by atoms with Crippen molar-refractivity contribution in [3.8, 4) is 22.6 Å². The van der Waals surface area contributed by atoms with E-state index in [1.807, 2.05) is 54.6 Å². The van der Waals surface area contributed by atoms with Crippen LogP contribution in [0.2, 0.25) is 0 Å². The van der Waals surface area contributed by atoms with Gasteiger partial charge in [-0.3, -0.25) is 4.79 Å². The Labute approximate surface area is 156 Å². The summed E-state index contributed by atoms with van der Waals surface area (Å²) in [5.41, 5.74) is 2.76. The summed E-state index contributed by atoms with van der Waals surface area (Å²) in [7, 11) is 0. The molecular formula is C22H18F2O3. The maximum atomic E-state index is 12.5. The van der Waals surface area contributed by atoms with Crippen molar-refractivity contribution in [1.82, 2.24) is 0 Å². The monoisotopic (exact) mass is 368 g/mol. The third kappa shape index (κ3) is 4.91. The number of hydrogen-bond donors (Lipinski definition) is 0. The highest BCUT2D eigenvalue weighted by Crippen LogP contribution is 2.33. The summed E-state index contributed by atoms with van der Waals surface area (Å²) in [5, 5.41) is 0. The van der Waals surface area contributed by atoms with E-state index in [0.29, 0.717) is 24.2 Å². The van der Waals surface area contributed by atoms with Crippen molar-refractivity contribution < 1.29 is 23.0 Å². The van der Waals surface area contributed by atoms with E-state index in [4.69, 9.17) is 9.47 Å². The van der Waals surface area contributed by atoms with E-state index in [2.05, 4.69) is 0 Å². The summed E-state index contributed by atoms with van der Waals surface area (Å²) in [5.74, 6) is 0.778. The highest BCUT2D eigenvalue weighted by atomic mass is 19.3. The van der Waals surface area contributed by atoms with Gasteiger partial charge in [0.25, 0.3) is 6.43 Å². The van der Waals surface area contributed by atoms with Crippen LogP contribution < -0.4 is 9.47 Å². The standard InChI is InChI=1S/C22H18F2O3/c23-22(24)15-27-21-12-17(10-11-18(21)13-25)19-8-4-5-9-20(19)26-14-16-6-2-1-3-7-16/h1-13,22H,14-15H2. The fraction of sp³-hybridized carbons (Fsp3) is 0.136. The van der Waals surface area contributed by atoms with Crippen LogP contribution in [-0.4, -0.2) is 19.3 Å². The van der Waals surface area contributed by atoms with Gasteiger partial charge in [-0.25, -0.2) is 8.78 Å². The number of carbonyl (C=O) groups is 1. The van der Waals surface area contributed by atoms with E-state index in [9.17, 15) is 13.6 Å². The minimum absolute atomic E-state index is 0.126. The SMILES string of the molecule is O=Cc1ccc(-c2ccccc2OCc2ccccc2)cc1OCC(F)F. The summed E-state index contributed by atoms with van der Waals surface area (Å²) < 4.78 is 36.0. The molecule has 0 heterocycles. The summed E-state index contributed by atoms with van der Waals surface area (Å²) in [6.07, 6.45) is -2.03. The van der Waals surface area contributed by atoms with Crippen LogP contribution >= 0.6 is 0 Å². The number of aldehydes is 1. The molecule has 5 heteroatoms. The van der Waals surface area contributed by atoms with Gasteiger partial charge in [-0.2, -0.15) is 0 Å². The lowest BCUT2D eigenvalue weighted by Crippen LogP contribution is -2.08. The Balaban J connectivity index is 1.87. The first-order valence-electron chi connectivity index (χ1n) is 8.43. The zero-order valence-electron chi connectivity index (χ0n) is 14.5. The van der Waals surface area contributed by atoms with Gasteiger partial charge in [-0.05, 0) is 29.3 Å². The van der Waals surface area contributed by atoms with Crippen molar-refractivity contribution in [2.75, 3.05) is 6.61 Å². The summed E-state index contributed by atoms with van der Waals surface area (Å²) in [4.78, 5) is 11.2. The molecule has 0 spiro atoms. The van der Waals surface area contributed by atoms with E-state index in [1.165, 1.54) is 0 Å². The number of ether oxygens (including phenoxy) is 2. The number of alkyl halides is 2. The second-order valence-electron chi connectivity index (χ2n) is 5.84. The molecule has 0 radical (unpaired) electrons. The first kappa shape index (κ1) is 18.6. The molecule has 0 aliphatic rings. The maximum Gasteiger partial charge on any atom is 0.272 e. The molecule has 3 nitrogen and oxygen atoms in total. The maximum absolute atomic E-state index is 12.5. The van der Waals surface area contributed by atoms with Gasteiger partial charge >= 0.3 is 0 Å². The molecule has 0 atom stereocenters. The predicted octanol–water partition coefficient (Wildman–Crippen LogP) is 5.39. The van der Waals surface area contributed by atoms with E-state index < -0.39 is 13.0 Å². The third-order valence-corrected chi connectivity index (χ3v) is 3.94. The Kier molecular flexibility index (Phi) is 6.15. The quantitative estimate of drug-likeness (QED) is 0.500. The summed E-state index contributed by atoms with van der Waals surface area (Å²) in [6.45, 7) is -0.366. The van der Waals surface area contributed by atoms with Crippen molar-refractivity contribution in [3.63, 3.8) is 0 Å². The number of rotatable bonds is 8. The van der Waals surface area contributed by atoms with Crippen LogP contribution in [0.3, 0.4) is 0 Å². The number of carbonyl (C=O) groups excluding carboxylic acids is 1. The molecule has 0 bridgehead atoms. The summed E-state index contributed by atoms with van der Waals surface area (Å²) >= 11 is 0. The molecule has 0 aliphatic heterocycles. The van der Waals surface area contributed by atoms with Crippen LogP contribution in [0, 0.1) is 0 Å². The topological polar surface area (TPSA) is 35.5 Å². The zero-order valence-corrected chi connectivity index (χ0v) is 14.5. The molecule has 27 heavy (non-hydrogen) atoms. The first-order chi connectivity index (χ1) is 13.2. The summed E-state index contributed by atoms with van der Waals surface area (Å²) in [6, 6.07) is 22.1. The molecule has 138 valence electrons. The lowest BCUT2D eigenvalue weighted by Gasteiger charge is -2.14. The van der Waals surface area contributed by atoms with Gasteiger partial charge in [0.2, 0.25) is 0 Å². The van der Waals surface area contributed by atoms with Gasteiger partial charge in [0, 0.05) is 5.56 Å². The molecule has 0 amide bonds. The van der Waals surface area contributed by atoms with Gasteiger partial charge in [-0.15, -0.1) is 0 Å². The molecule has 0 saturated carbocycles. The molecule has 0 unspecified atom stereocenters. The lowest BCUT2D eigenvalue weighted by molar-refractivity contribution is 0.0809. The second-order valence-corrected chi connectivity index (χ2v) is 5.84. The van der Waals surface area contributed by atoms with Crippen molar-refractivity contribution in [2.24, 2.45) is 0 Å². The Bertz CT molecular complexity index is 895. The van der Waals surface area contributed by atoms with Crippen molar-refractivity contribution in [2.45, 2.75) is 13.0 Å². The minimum Gasteiger partial charge on any atom is -0.488 e. The largest absolute Gasteiger partial charge is 0.488 e. The van der Waals surface area contributed by atoms with Crippen LogP contribution in [-0.2, 0) is 6.61 Å². The first-order valence-corrected chi connectivity index (χ1v) is 8.43. The molecule has 0 N–H and O–H groups in total. The minimum atomic E-state index is -2.62. The van der Waals surface area contributed by atoms with E-state index in [1.54, 1.807) is 18.2 Å². The molecule has 3 aromatic rings. The van der Waals surface area contributed by atoms with Gasteiger partial charge in [-0.1, -0.05) is 54.6 Å². The van der Waals surface area contributed by atoms with E-state index >= 15 is 0 Å². The highest BCUT2D eigenvalue weighted by molar-refractivity contribution is 5.82.